The number of fused-ring (bicyclic) bond motifs is 1. The van der Waals surface area contributed by atoms with Gasteiger partial charge in [0.05, 0.1) is 18.8 Å². The van der Waals surface area contributed by atoms with E-state index in [9.17, 15) is 4.79 Å². The number of carbonyl (C=O) groups is 1. The van der Waals surface area contributed by atoms with Crippen LogP contribution in [-0.4, -0.2) is 31.4 Å². The lowest BCUT2D eigenvalue weighted by molar-refractivity contribution is 0.0561. The van der Waals surface area contributed by atoms with Crippen LogP contribution in [0, 0.1) is 0 Å². The monoisotopic (exact) mass is 292 g/mol. The lowest BCUT2D eigenvalue weighted by Crippen LogP contribution is -2.49. The molecular formula is C16H24N2O3. The maximum absolute atomic E-state index is 12.5. The van der Waals surface area contributed by atoms with E-state index in [1.54, 1.807) is 12.0 Å². The van der Waals surface area contributed by atoms with Crippen LogP contribution >= 0.6 is 0 Å². The van der Waals surface area contributed by atoms with Gasteiger partial charge in [0.2, 0.25) is 0 Å². The fourth-order valence-corrected chi connectivity index (χ4v) is 2.55. The summed E-state index contributed by atoms with van der Waals surface area (Å²) in [4.78, 5) is 14.2. The molecule has 2 N–H and O–H groups in total. The van der Waals surface area contributed by atoms with Crippen molar-refractivity contribution in [2.45, 2.75) is 45.3 Å². The van der Waals surface area contributed by atoms with Gasteiger partial charge in [0.15, 0.2) is 0 Å². The van der Waals surface area contributed by atoms with Crippen LogP contribution in [0.15, 0.2) is 18.2 Å². The highest BCUT2D eigenvalue weighted by Gasteiger charge is 2.33. The molecule has 0 saturated heterocycles. The third kappa shape index (κ3) is 3.47. The summed E-state index contributed by atoms with van der Waals surface area (Å²) < 4.78 is 10.8. The van der Waals surface area contributed by atoms with Gasteiger partial charge in [-0.15, -0.1) is 0 Å². The number of amides is 1. The van der Waals surface area contributed by atoms with Crippen LogP contribution in [-0.2, 0) is 11.2 Å². The number of ether oxygens (including phenoxy) is 2. The van der Waals surface area contributed by atoms with Crippen molar-refractivity contribution in [1.82, 2.24) is 0 Å². The lowest BCUT2D eigenvalue weighted by Gasteiger charge is -2.37. The molecule has 1 aliphatic rings. The van der Waals surface area contributed by atoms with Gasteiger partial charge < -0.3 is 15.2 Å². The minimum absolute atomic E-state index is 0.0271. The van der Waals surface area contributed by atoms with Crippen molar-refractivity contribution in [3.05, 3.63) is 23.8 Å². The summed E-state index contributed by atoms with van der Waals surface area (Å²) >= 11 is 0. The van der Waals surface area contributed by atoms with Crippen LogP contribution in [0.25, 0.3) is 0 Å². The first-order valence-electron chi connectivity index (χ1n) is 7.25. The number of hydrogen-bond acceptors (Lipinski definition) is 4. The van der Waals surface area contributed by atoms with Gasteiger partial charge in [-0.25, -0.2) is 4.79 Å². The molecule has 0 radical (unpaired) electrons. The summed E-state index contributed by atoms with van der Waals surface area (Å²) in [6, 6.07) is 5.70. The second-order valence-electron chi connectivity index (χ2n) is 6.27. The molecule has 1 heterocycles. The number of nitrogens with zero attached hydrogens (tertiary/aromatic N) is 1. The van der Waals surface area contributed by atoms with Gasteiger partial charge in [-0.1, -0.05) is 0 Å². The molecule has 1 aromatic carbocycles. The quantitative estimate of drug-likeness (QED) is 0.910. The second kappa shape index (κ2) is 5.93. The topological polar surface area (TPSA) is 64.8 Å². The SMILES string of the molecule is COc1ccc2c(c1)CC[C@@H](CN)N2C(=O)OC(C)(C)C. The van der Waals surface area contributed by atoms with Crippen molar-refractivity contribution >= 4 is 11.8 Å². The van der Waals surface area contributed by atoms with Crippen LogP contribution in [0.1, 0.15) is 32.8 Å². The molecule has 5 nitrogen and oxygen atoms in total. The summed E-state index contributed by atoms with van der Waals surface area (Å²) in [5.41, 5.74) is 7.26. The van der Waals surface area contributed by atoms with E-state index in [1.807, 2.05) is 39.0 Å². The molecule has 0 spiro atoms. The lowest BCUT2D eigenvalue weighted by atomic mass is 9.96. The number of hydrogen-bond donors (Lipinski definition) is 1. The minimum Gasteiger partial charge on any atom is -0.497 e. The van der Waals surface area contributed by atoms with Crippen LogP contribution in [0.2, 0.25) is 0 Å². The second-order valence-corrected chi connectivity index (χ2v) is 6.27. The largest absolute Gasteiger partial charge is 0.497 e. The number of anilines is 1. The molecule has 21 heavy (non-hydrogen) atoms. The fraction of sp³-hybridized carbons (Fsp3) is 0.562. The van der Waals surface area contributed by atoms with E-state index in [4.69, 9.17) is 15.2 Å². The van der Waals surface area contributed by atoms with Gasteiger partial charge >= 0.3 is 6.09 Å². The Morgan fingerprint density at radius 3 is 2.71 bits per heavy atom. The van der Waals surface area contributed by atoms with Crippen molar-refractivity contribution in [1.29, 1.82) is 0 Å². The number of benzene rings is 1. The smallest absolute Gasteiger partial charge is 0.415 e. The third-order valence-corrected chi connectivity index (χ3v) is 3.52. The standard InChI is InChI=1S/C16H24N2O3/c1-16(2,3)21-15(19)18-12(10-17)6-5-11-9-13(20-4)7-8-14(11)18/h7-9,12H,5-6,10,17H2,1-4H3/t12-/m0/s1. The van der Waals surface area contributed by atoms with Gasteiger partial charge in [-0.3, -0.25) is 4.90 Å². The van der Waals surface area contributed by atoms with Crippen LogP contribution in [0.4, 0.5) is 10.5 Å². The minimum atomic E-state index is -0.527. The van der Waals surface area contributed by atoms with Gasteiger partial charge in [0, 0.05) is 6.54 Å². The number of carbonyl (C=O) groups excluding carboxylic acids is 1. The summed E-state index contributed by atoms with van der Waals surface area (Å²) in [5, 5.41) is 0. The molecule has 0 saturated carbocycles. The molecular weight excluding hydrogens is 268 g/mol. The van der Waals surface area contributed by atoms with Gasteiger partial charge in [0.25, 0.3) is 0 Å². The molecule has 1 atom stereocenters. The van der Waals surface area contributed by atoms with Gasteiger partial charge in [-0.05, 0) is 57.4 Å². The van der Waals surface area contributed by atoms with Crippen molar-refractivity contribution in [3.63, 3.8) is 0 Å². The molecule has 0 unspecified atom stereocenters. The molecule has 5 heteroatoms. The molecule has 2 rings (SSSR count). The Kier molecular flexibility index (Phi) is 4.42. The summed E-state index contributed by atoms with van der Waals surface area (Å²) in [7, 11) is 1.64. The molecule has 0 fully saturated rings. The number of methoxy groups -OCH3 is 1. The zero-order chi connectivity index (χ0) is 15.6. The highest BCUT2D eigenvalue weighted by atomic mass is 16.6. The Morgan fingerprint density at radius 1 is 1.43 bits per heavy atom. The Labute approximate surface area is 126 Å². The normalized spacial score (nSPS) is 18.1. The van der Waals surface area contributed by atoms with Crippen LogP contribution < -0.4 is 15.4 Å². The van der Waals surface area contributed by atoms with E-state index in [0.29, 0.717) is 6.54 Å². The number of nitrogens with two attached hydrogens (primary N) is 1. The predicted octanol–water partition coefficient (Wildman–Crippen LogP) is 2.71. The molecule has 1 amide bonds. The highest BCUT2D eigenvalue weighted by molar-refractivity contribution is 5.90. The zero-order valence-electron chi connectivity index (χ0n) is 13.2. The van der Waals surface area contributed by atoms with E-state index in [2.05, 4.69) is 0 Å². The molecule has 1 aliphatic heterocycles. The summed E-state index contributed by atoms with van der Waals surface area (Å²) in [6.45, 7) is 6.01. The Morgan fingerprint density at radius 2 is 2.14 bits per heavy atom. The first-order chi connectivity index (χ1) is 9.85. The molecule has 116 valence electrons. The van der Waals surface area contributed by atoms with Crippen molar-refractivity contribution in [3.8, 4) is 5.75 Å². The average molecular weight is 292 g/mol. The van der Waals surface area contributed by atoms with Crippen molar-refractivity contribution in [2.24, 2.45) is 5.73 Å². The molecule has 0 aliphatic carbocycles. The highest BCUT2D eigenvalue weighted by Crippen LogP contribution is 2.34. The van der Waals surface area contributed by atoms with E-state index in [1.165, 1.54) is 0 Å². The van der Waals surface area contributed by atoms with E-state index in [-0.39, 0.29) is 12.1 Å². The first-order valence-corrected chi connectivity index (χ1v) is 7.25. The van der Waals surface area contributed by atoms with Crippen LogP contribution in [0.3, 0.4) is 0 Å². The van der Waals surface area contributed by atoms with Crippen LogP contribution in [0.5, 0.6) is 5.75 Å². The number of rotatable bonds is 2. The zero-order valence-corrected chi connectivity index (χ0v) is 13.2. The third-order valence-electron chi connectivity index (χ3n) is 3.52. The molecule has 1 aromatic rings. The van der Waals surface area contributed by atoms with Crippen molar-refractivity contribution in [2.75, 3.05) is 18.6 Å². The molecule has 0 aromatic heterocycles. The number of aryl methyl sites for hydroxylation is 1. The fourth-order valence-electron chi connectivity index (χ4n) is 2.55. The Bertz CT molecular complexity index is 523. The maximum Gasteiger partial charge on any atom is 0.415 e. The summed E-state index contributed by atoms with van der Waals surface area (Å²) in [6.07, 6.45) is 1.37. The van der Waals surface area contributed by atoms with Gasteiger partial charge in [0.1, 0.15) is 11.4 Å². The Balaban J connectivity index is 2.35. The molecule has 0 bridgehead atoms. The van der Waals surface area contributed by atoms with Crippen molar-refractivity contribution < 1.29 is 14.3 Å². The Hall–Kier alpha value is -1.75. The van der Waals surface area contributed by atoms with E-state index < -0.39 is 5.60 Å². The summed E-state index contributed by atoms with van der Waals surface area (Å²) in [5.74, 6) is 0.795. The maximum atomic E-state index is 12.5. The first kappa shape index (κ1) is 15.6. The van der Waals surface area contributed by atoms with E-state index in [0.717, 1.165) is 29.8 Å². The predicted molar refractivity (Wildman–Crippen MR) is 82.9 cm³/mol. The van der Waals surface area contributed by atoms with Gasteiger partial charge in [-0.2, -0.15) is 0 Å². The van der Waals surface area contributed by atoms with E-state index >= 15 is 0 Å². The average Bonchev–Trinajstić information content (AvgIpc) is 2.43.